The molecule has 0 radical (unpaired) electrons. The van der Waals surface area contributed by atoms with Gasteiger partial charge in [-0.05, 0) is 122 Å². The van der Waals surface area contributed by atoms with Crippen LogP contribution in [0, 0.1) is 62.1 Å². The van der Waals surface area contributed by atoms with E-state index in [0.29, 0.717) is 30.1 Å². The fourth-order valence-corrected chi connectivity index (χ4v) is 12.3. The van der Waals surface area contributed by atoms with Crippen molar-refractivity contribution in [1.82, 2.24) is 0 Å². The number of carbonyl (C=O) groups excluding carboxylic acids is 1. The fraction of sp³-hybridized carbons (Fsp3) is 0.889. The number of ether oxygens (including phenoxy) is 1. The van der Waals surface area contributed by atoms with Gasteiger partial charge in [0.1, 0.15) is 6.10 Å². The molecule has 0 heterocycles. The van der Waals surface area contributed by atoms with Crippen LogP contribution >= 0.6 is 0 Å². The molecule has 1 N–H and O–H groups in total. The second-order valence-electron chi connectivity index (χ2n) is 17.7. The van der Waals surface area contributed by atoms with Crippen LogP contribution in [0.4, 0.5) is 0 Å². The van der Waals surface area contributed by atoms with E-state index in [2.05, 4.69) is 68.9 Å². The number of esters is 1. The number of carboxylic acids is 1. The number of carboxylic acid groups (broad SMARTS) is 1. The van der Waals surface area contributed by atoms with Crippen molar-refractivity contribution in [2.24, 2.45) is 62.1 Å². The van der Waals surface area contributed by atoms with E-state index >= 15 is 0 Å². The molecule has 5 fully saturated rings. The number of aliphatic carboxylic acids is 1. The molecule has 0 aromatic rings. The lowest BCUT2D eigenvalue weighted by Crippen LogP contribution is -2.67. The van der Waals surface area contributed by atoms with Crippen LogP contribution in [0.15, 0.2) is 12.2 Å². The lowest BCUT2D eigenvalue weighted by atomic mass is 9.32. The van der Waals surface area contributed by atoms with Crippen LogP contribution in [0.5, 0.6) is 0 Å². The molecule has 0 aromatic carbocycles. The predicted molar refractivity (Wildman–Crippen MR) is 161 cm³/mol. The molecule has 0 aliphatic heterocycles. The fourth-order valence-electron chi connectivity index (χ4n) is 12.3. The zero-order valence-corrected chi connectivity index (χ0v) is 27.1. The first-order chi connectivity index (χ1) is 18.3. The Morgan fingerprint density at radius 1 is 0.850 bits per heavy atom. The molecule has 4 nitrogen and oxygen atoms in total. The summed E-state index contributed by atoms with van der Waals surface area (Å²) in [6, 6.07) is 0. The summed E-state index contributed by atoms with van der Waals surface area (Å²) in [6.07, 6.45) is 10.9. The highest BCUT2D eigenvalue weighted by molar-refractivity contribution is 5.76. The van der Waals surface area contributed by atoms with Crippen molar-refractivity contribution in [2.75, 3.05) is 0 Å². The van der Waals surface area contributed by atoms with Gasteiger partial charge < -0.3 is 9.84 Å². The van der Waals surface area contributed by atoms with Gasteiger partial charge in [-0.25, -0.2) is 0 Å². The Balaban J connectivity index is 1.45. The maximum absolute atomic E-state index is 12.9. The number of hydrogen-bond donors (Lipinski definition) is 1. The van der Waals surface area contributed by atoms with Gasteiger partial charge in [-0.2, -0.15) is 0 Å². The molecule has 5 saturated carbocycles. The topological polar surface area (TPSA) is 63.6 Å². The molecular weight excluding hydrogens is 496 g/mol. The zero-order chi connectivity index (χ0) is 29.7. The minimum atomic E-state index is -0.560. The second-order valence-corrected chi connectivity index (χ2v) is 17.7. The normalized spacial score (nSPS) is 47.7. The standard InChI is InChI=1S/C36H58O4/c1-22(2)23-13-18-36(30(38)39)20-19-34(9)24(29(23)36)11-12-26-33(8)16-15-27(40-28(37)21-31(3,4)5)32(6,7)25(33)14-17-35(26,34)10/h23-27,29H,1,11-21H2,2-10H3,(H,38,39)/t23-,24+,25-,26+,27-,29+,33-,34+,35+,36-/m0/s1. The summed E-state index contributed by atoms with van der Waals surface area (Å²) in [5.74, 6) is 1.56. The SMILES string of the molecule is C=C(C)[C@@H]1CC[C@]2(C(=O)O)CC[C@]3(C)[C@H](CC[C@@H]4[C@@]5(C)CC[C@H](OC(=O)CC(C)(C)C)C(C)(C)[C@@H]5CC[C@]43C)[C@@H]12. The molecule has 0 spiro atoms. The average molecular weight is 555 g/mol. The van der Waals surface area contributed by atoms with Crippen LogP contribution in [0.1, 0.15) is 133 Å². The highest BCUT2D eigenvalue weighted by Gasteiger charge is 2.72. The van der Waals surface area contributed by atoms with Gasteiger partial charge in [0, 0.05) is 5.41 Å². The molecule has 226 valence electrons. The smallest absolute Gasteiger partial charge is 0.309 e. The van der Waals surface area contributed by atoms with Crippen molar-refractivity contribution >= 4 is 11.9 Å². The van der Waals surface area contributed by atoms with Gasteiger partial charge in [0.05, 0.1) is 11.8 Å². The molecule has 5 aliphatic carbocycles. The number of carbonyl (C=O) groups is 2. The third-order valence-corrected chi connectivity index (χ3v) is 14.4. The number of hydrogen-bond acceptors (Lipinski definition) is 3. The van der Waals surface area contributed by atoms with Crippen LogP contribution in [0.25, 0.3) is 0 Å². The molecule has 0 unspecified atom stereocenters. The minimum absolute atomic E-state index is 0.0163. The van der Waals surface area contributed by atoms with Crippen LogP contribution in [0.2, 0.25) is 0 Å². The number of fused-ring (bicyclic) bond motifs is 7. The molecule has 0 bridgehead atoms. The number of allylic oxidation sites excluding steroid dienone is 1. The minimum Gasteiger partial charge on any atom is -0.481 e. The van der Waals surface area contributed by atoms with Crippen molar-refractivity contribution < 1.29 is 19.4 Å². The Morgan fingerprint density at radius 2 is 1.52 bits per heavy atom. The Bertz CT molecular complexity index is 1070. The first-order valence-electron chi connectivity index (χ1n) is 16.4. The van der Waals surface area contributed by atoms with E-state index in [4.69, 9.17) is 4.74 Å². The molecule has 0 saturated heterocycles. The van der Waals surface area contributed by atoms with Gasteiger partial charge in [-0.3, -0.25) is 9.59 Å². The third kappa shape index (κ3) is 4.10. The Kier molecular flexibility index (Phi) is 7.04. The van der Waals surface area contributed by atoms with Crippen LogP contribution in [-0.4, -0.2) is 23.1 Å². The molecule has 10 atom stereocenters. The highest BCUT2D eigenvalue weighted by Crippen LogP contribution is 2.77. The van der Waals surface area contributed by atoms with Gasteiger partial charge >= 0.3 is 11.9 Å². The molecule has 0 amide bonds. The average Bonchev–Trinajstić information content (AvgIpc) is 3.22. The van der Waals surface area contributed by atoms with E-state index in [1.54, 1.807) is 0 Å². The number of rotatable bonds is 4. The predicted octanol–water partition coefficient (Wildman–Crippen LogP) is 9.08. The van der Waals surface area contributed by atoms with Crippen molar-refractivity contribution in [3.63, 3.8) is 0 Å². The molecule has 5 rings (SSSR count). The summed E-state index contributed by atoms with van der Waals surface area (Å²) >= 11 is 0. The van der Waals surface area contributed by atoms with Gasteiger partial charge in [-0.1, -0.05) is 67.5 Å². The Labute approximate surface area is 244 Å². The molecule has 4 heteroatoms. The summed E-state index contributed by atoms with van der Waals surface area (Å²) in [4.78, 5) is 25.8. The van der Waals surface area contributed by atoms with Gasteiger partial charge in [0.25, 0.3) is 0 Å². The Hall–Kier alpha value is -1.32. The summed E-state index contributed by atoms with van der Waals surface area (Å²) in [6.45, 7) is 25.3. The lowest BCUT2D eigenvalue weighted by molar-refractivity contribution is -0.250. The van der Waals surface area contributed by atoms with Gasteiger partial charge in [-0.15, -0.1) is 0 Å². The second kappa shape index (κ2) is 9.34. The highest BCUT2D eigenvalue weighted by atomic mass is 16.5. The molecular formula is C36H58O4. The summed E-state index contributed by atoms with van der Waals surface area (Å²) < 4.78 is 6.26. The summed E-state index contributed by atoms with van der Waals surface area (Å²) in [7, 11) is 0. The summed E-state index contributed by atoms with van der Waals surface area (Å²) in [5, 5.41) is 10.6. The van der Waals surface area contributed by atoms with E-state index in [9.17, 15) is 14.7 Å². The maximum Gasteiger partial charge on any atom is 0.309 e. The van der Waals surface area contributed by atoms with E-state index in [-0.39, 0.29) is 45.1 Å². The van der Waals surface area contributed by atoms with Crippen LogP contribution < -0.4 is 0 Å². The molecule has 5 aliphatic rings. The largest absolute Gasteiger partial charge is 0.481 e. The maximum atomic E-state index is 12.9. The van der Waals surface area contributed by atoms with Gasteiger partial charge in [0.15, 0.2) is 0 Å². The van der Waals surface area contributed by atoms with Crippen LogP contribution in [-0.2, 0) is 14.3 Å². The molecule has 40 heavy (non-hydrogen) atoms. The lowest BCUT2D eigenvalue weighted by Gasteiger charge is -2.72. The van der Waals surface area contributed by atoms with Crippen molar-refractivity contribution in [2.45, 2.75) is 139 Å². The molecule has 0 aromatic heterocycles. The van der Waals surface area contributed by atoms with E-state index in [1.165, 1.54) is 24.8 Å². The van der Waals surface area contributed by atoms with E-state index < -0.39 is 11.4 Å². The zero-order valence-electron chi connectivity index (χ0n) is 27.1. The first kappa shape index (κ1) is 30.1. The van der Waals surface area contributed by atoms with E-state index in [0.717, 1.165) is 44.9 Å². The monoisotopic (exact) mass is 554 g/mol. The summed E-state index contributed by atoms with van der Waals surface area (Å²) in [5.41, 5.74) is 1.07. The Morgan fingerprint density at radius 3 is 2.12 bits per heavy atom. The quantitative estimate of drug-likeness (QED) is 0.278. The van der Waals surface area contributed by atoms with Gasteiger partial charge in [0.2, 0.25) is 0 Å². The van der Waals surface area contributed by atoms with Crippen LogP contribution in [0.3, 0.4) is 0 Å². The van der Waals surface area contributed by atoms with Crippen molar-refractivity contribution in [3.05, 3.63) is 12.2 Å². The van der Waals surface area contributed by atoms with Crippen molar-refractivity contribution in [3.8, 4) is 0 Å². The first-order valence-corrected chi connectivity index (χ1v) is 16.4. The van der Waals surface area contributed by atoms with E-state index in [1.807, 2.05) is 0 Å². The van der Waals surface area contributed by atoms with Crippen molar-refractivity contribution in [1.29, 1.82) is 0 Å². The third-order valence-electron chi connectivity index (χ3n) is 14.4.